The molecule has 1 heterocycles. The molecule has 6 nitrogen and oxygen atoms in total. The summed E-state index contributed by atoms with van der Waals surface area (Å²) in [7, 11) is -3.79. The highest BCUT2D eigenvalue weighted by Crippen LogP contribution is 2.23. The van der Waals surface area contributed by atoms with Gasteiger partial charge in [0.15, 0.2) is 0 Å². The number of nitrogens with zero attached hydrogens (tertiary/aromatic N) is 1. The van der Waals surface area contributed by atoms with Gasteiger partial charge in [-0.2, -0.15) is 0 Å². The van der Waals surface area contributed by atoms with Gasteiger partial charge in [0.2, 0.25) is 15.8 Å². The molecule has 0 bridgehead atoms. The van der Waals surface area contributed by atoms with E-state index in [1.54, 1.807) is 66.7 Å². The molecule has 0 saturated heterocycles. The summed E-state index contributed by atoms with van der Waals surface area (Å²) in [6, 6.07) is 20.9. The number of carbonyl (C=O) groups excluding carboxylic acids is 1. The Balaban J connectivity index is 1.90. The van der Waals surface area contributed by atoms with Crippen molar-refractivity contribution in [2.45, 2.75) is 18.7 Å². The predicted molar refractivity (Wildman–Crippen MR) is 109 cm³/mol. The monoisotopic (exact) mass is 398 g/mol. The SMILES string of the molecule is CC(CO)S(=O)(=O)N(Cc1ccc(C(=O)c2ccccc2)[nH]1)c1ccccc1. The van der Waals surface area contributed by atoms with Gasteiger partial charge in [0.05, 0.1) is 24.5 Å². The van der Waals surface area contributed by atoms with Crippen LogP contribution in [0.3, 0.4) is 0 Å². The molecule has 0 aliphatic heterocycles. The van der Waals surface area contributed by atoms with E-state index in [2.05, 4.69) is 4.98 Å². The average Bonchev–Trinajstić information content (AvgIpc) is 3.20. The summed E-state index contributed by atoms with van der Waals surface area (Å²) in [4.78, 5) is 15.6. The average molecular weight is 398 g/mol. The molecule has 146 valence electrons. The minimum absolute atomic E-state index is 0.0265. The van der Waals surface area contributed by atoms with Crippen molar-refractivity contribution in [1.29, 1.82) is 0 Å². The van der Waals surface area contributed by atoms with Crippen molar-refractivity contribution in [3.8, 4) is 0 Å². The van der Waals surface area contributed by atoms with Gasteiger partial charge < -0.3 is 10.1 Å². The third kappa shape index (κ3) is 4.16. The maximum atomic E-state index is 12.9. The van der Waals surface area contributed by atoms with E-state index in [0.717, 1.165) is 0 Å². The number of rotatable bonds is 8. The predicted octanol–water partition coefficient (Wildman–Crippen LogP) is 2.96. The van der Waals surface area contributed by atoms with Crippen LogP contribution in [0.1, 0.15) is 28.7 Å². The highest BCUT2D eigenvalue weighted by atomic mass is 32.2. The molecule has 0 saturated carbocycles. The Hall–Kier alpha value is -2.90. The fraction of sp³-hybridized carbons (Fsp3) is 0.190. The number of aliphatic hydroxyl groups excluding tert-OH is 1. The van der Waals surface area contributed by atoms with Crippen LogP contribution in [-0.4, -0.2) is 36.1 Å². The number of para-hydroxylation sites is 1. The molecule has 0 amide bonds. The van der Waals surface area contributed by atoms with E-state index in [0.29, 0.717) is 22.6 Å². The molecular weight excluding hydrogens is 376 g/mol. The number of hydrogen-bond donors (Lipinski definition) is 2. The third-order valence-electron chi connectivity index (χ3n) is 4.46. The number of aromatic amines is 1. The molecule has 3 rings (SSSR count). The van der Waals surface area contributed by atoms with Crippen LogP contribution in [0.25, 0.3) is 0 Å². The summed E-state index contributed by atoms with van der Waals surface area (Å²) < 4.78 is 27.1. The lowest BCUT2D eigenvalue weighted by molar-refractivity contribution is 0.103. The van der Waals surface area contributed by atoms with Gasteiger partial charge in [0.25, 0.3) is 0 Å². The van der Waals surface area contributed by atoms with E-state index in [-0.39, 0.29) is 12.3 Å². The van der Waals surface area contributed by atoms with Gasteiger partial charge in [0.1, 0.15) is 5.25 Å². The number of carbonyl (C=O) groups is 1. The number of nitrogens with one attached hydrogen (secondary N) is 1. The van der Waals surface area contributed by atoms with Crippen LogP contribution < -0.4 is 4.31 Å². The molecule has 0 aliphatic carbocycles. The van der Waals surface area contributed by atoms with E-state index >= 15 is 0 Å². The fourth-order valence-electron chi connectivity index (χ4n) is 2.80. The van der Waals surface area contributed by atoms with E-state index in [1.807, 2.05) is 6.07 Å². The molecule has 0 fully saturated rings. The van der Waals surface area contributed by atoms with Crippen molar-refractivity contribution in [1.82, 2.24) is 4.98 Å². The number of benzene rings is 2. The van der Waals surface area contributed by atoms with Gasteiger partial charge >= 0.3 is 0 Å². The summed E-state index contributed by atoms with van der Waals surface area (Å²) in [6.45, 7) is 1.01. The second-order valence-corrected chi connectivity index (χ2v) is 8.75. The highest BCUT2D eigenvalue weighted by molar-refractivity contribution is 7.93. The van der Waals surface area contributed by atoms with Crippen LogP contribution in [0.4, 0.5) is 5.69 Å². The Morgan fingerprint density at radius 2 is 1.61 bits per heavy atom. The second-order valence-electron chi connectivity index (χ2n) is 6.47. The first-order valence-corrected chi connectivity index (χ1v) is 10.4. The molecule has 0 radical (unpaired) electrons. The molecule has 3 aromatic rings. The molecule has 2 N–H and O–H groups in total. The van der Waals surface area contributed by atoms with Gasteiger partial charge in [-0.05, 0) is 31.2 Å². The summed E-state index contributed by atoms with van der Waals surface area (Å²) >= 11 is 0. The lowest BCUT2D eigenvalue weighted by Crippen LogP contribution is -2.39. The molecule has 1 unspecified atom stereocenters. The van der Waals surface area contributed by atoms with Gasteiger partial charge in [-0.15, -0.1) is 0 Å². The lowest BCUT2D eigenvalue weighted by Gasteiger charge is -2.26. The van der Waals surface area contributed by atoms with Gasteiger partial charge in [-0.1, -0.05) is 48.5 Å². The Bertz CT molecular complexity index is 1030. The number of H-pyrrole nitrogens is 1. The van der Waals surface area contributed by atoms with Crippen LogP contribution >= 0.6 is 0 Å². The van der Waals surface area contributed by atoms with Crippen LogP contribution in [-0.2, 0) is 16.6 Å². The Morgan fingerprint density at radius 1 is 1.00 bits per heavy atom. The smallest absolute Gasteiger partial charge is 0.240 e. The quantitative estimate of drug-likeness (QED) is 0.571. The standard InChI is InChI=1S/C21H22N2O4S/c1-16(15-24)28(26,27)23(19-10-6-3-7-11-19)14-18-12-13-20(22-18)21(25)17-8-4-2-5-9-17/h2-13,16,22,24H,14-15H2,1H3. The molecule has 2 aromatic carbocycles. The number of hydrogen-bond acceptors (Lipinski definition) is 4. The summed E-state index contributed by atoms with van der Waals surface area (Å²) in [6.07, 6.45) is 0. The fourth-order valence-corrected chi connectivity index (χ4v) is 4.16. The van der Waals surface area contributed by atoms with Gasteiger partial charge in [0, 0.05) is 11.3 Å². The van der Waals surface area contributed by atoms with Crippen LogP contribution in [0, 0.1) is 0 Å². The number of anilines is 1. The first-order valence-electron chi connectivity index (χ1n) is 8.88. The topological polar surface area (TPSA) is 90.5 Å². The number of ketones is 1. The third-order valence-corrected chi connectivity index (χ3v) is 6.58. The summed E-state index contributed by atoms with van der Waals surface area (Å²) in [5.74, 6) is -0.162. The molecule has 0 spiro atoms. The van der Waals surface area contributed by atoms with Gasteiger partial charge in [-0.25, -0.2) is 8.42 Å². The normalized spacial score (nSPS) is 12.5. The highest BCUT2D eigenvalue weighted by Gasteiger charge is 2.29. The number of aromatic nitrogens is 1. The zero-order valence-electron chi connectivity index (χ0n) is 15.4. The molecule has 1 aromatic heterocycles. The summed E-state index contributed by atoms with van der Waals surface area (Å²) in [5.41, 5.74) is 2.02. The van der Waals surface area contributed by atoms with Crippen molar-refractivity contribution in [2.75, 3.05) is 10.9 Å². The lowest BCUT2D eigenvalue weighted by atomic mass is 10.1. The maximum absolute atomic E-state index is 12.9. The van der Waals surface area contributed by atoms with E-state index in [1.165, 1.54) is 11.2 Å². The molecule has 7 heteroatoms. The number of aliphatic hydroxyl groups is 1. The second kappa shape index (κ2) is 8.41. The van der Waals surface area contributed by atoms with Crippen LogP contribution in [0.5, 0.6) is 0 Å². The Kier molecular flexibility index (Phi) is 5.96. The van der Waals surface area contributed by atoms with Crippen molar-refractivity contribution in [3.05, 3.63) is 89.7 Å². The van der Waals surface area contributed by atoms with Crippen molar-refractivity contribution >= 4 is 21.5 Å². The van der Waals surface area contributed by atoms with E-state index in [9.17, 15) is 18.3 Å². The van der Waals surface area contributed by atoms with Crippen molar-refractivity contribution in [2.24, 2.45) is 0 Å². The van der Waals surface area contributed by atoms with Crippen molar-refractivity contribution in [3.63, 3.8) is 0 Å². The van der Waals surface area contributed by atoms with Crippen LogP contribution in [0.15, 0.2) is 72.8 Å². The Morgan fingerprint density at radius 3 is 2.21 bits per heavy atom. The largest absolute Gasteiger partial charge is 0.395 e. The Labute approximate surface area is 164 Å². The first kappa shape index (κ1) is 19.9. The first-order chi connectivity index (χ1) is 13.4. The van der Waals surface area contributed by atoms with Crippen LogP contribution in [0.2, 0.25) is 0 Å². The summed E-state index contributed by atoms with van der Waals surface area (Å²) in [5, 5.41) is 8.43. The maximum Gasteiger partial charge on any atom is 0.240 e. The minimum atomic E-state index is -3.79. The van der Waals surface area contributed by atoms with E-state index < -0.39 is 21.9 Å². The molecule has 1 atom stereocenters. The van der Waals surface area contributed by atoms with E-state index in [4.69, 9.17) is 0 Å². The zero-order chi connectivity index (χ0) is 20.1. The van der Waals surface area contributed by atoms with Gasteiger partial charge in [-0.3, -0.25) is 9.10 Å². The zero-order valence-corrected chi connectivity index (χ0v) is 16.3. The molecule has 28 heavy (non-hydrogen) atoms. The number of sulfonamides is 1. The molecular formula is C21H22N2O4S. The van der Waals surface area contributed by atoms with Crippen molar-refractivity contribution < 1.29 is 18.3 Å². The minimum Gasteiger partial charge on any atom is -0.395 e. The molecule has 0 aliphatic rings.